The fourth-order valence-electron chi connectivity index (χ4n) is 2.53. The van der Waals surface area contributed by atoms with E-state index in [9.17, 15) is 5.11 Å². The maximum Gasteiger partial charge on any atom is 0.126 e. The Hall–Kier alpha value is -2.32. The Kier molecular flexibility index (Phi) is 3.40. The van der Waals surface area contributed by atoms with Gasteiger partial charge in [-0.2, -0.15) is 0 Å². The highest BCUT2D eigenvalue weighted by Crippen LogP contribution is 2.33. The topological polar surface area (TPSA) is 29.5 Å². The van der Waals surface area contributed by atoms with E-state index in [1.165, 1.54) is 0 Å². The van der Waals surface area contributed by atoms with Gasteiger partial charge in [-0.15, -0.1) is 0 Å². The van der Waals surface area contributed by atoms with Crippen molar-refractivity contribution >= 4 is 10.8 Å². The Morgan fingerprint density at radius 1 is 0.800 bits per heavy atom. The van der Waals surface area contributed by atoms with Gasteiger partial charge in [0.15, 0.2) is 0 Å². The minimum atomic E-state index is -0.632. The second-order valence-corrected chi connectivity index (χ2v) is 4.72. The quantitative estimate of drug-likeness (QED) is 0.776. The van der Waals surface area contributed by atoms with Crippen LogP contribution in [0.3, 0.4) is 0 Å². The molecule has 0 saturated heterocycles. The Morgan fingerprint density at radius 3 is 2.15 bits per heavy atom. The summed E-state index contributed by atoms with van der Waals surface area (Å²) in [5.74, 6) is 0.824. The number of benzene rings is 3. The highest BCUT2D eigenvalue weighted by atomic mass is 16.5. The lowest BCUT2D eigenvalue weighted by atomic mass is 9.95. The van der Waals surface area contributed by atoms with Crippen molar-refractivity contribution in [3.8, 4) is 5.75 Å². The van der Waals surface area contributed by atoms with Gasteiger partial charge in [-0.25, -0.2) is 0 Å². The lowest BCUT2D eigenvalue weighted by molar-refractivity contribution is 0.222. The molecule has 0 spiro atoms. The van der Waals surface area contributed by atoms with Gasteiger partial charge in [0.05, 0.1) is 7.11 Å². The maximum absolute atomic E-state index is 10.6. The molecular formula is C18H16O2. The Bertz CT molecular complexity index is 720. The molecule has 0 heterocycles. The van der Waals surface area contributed by atoms with Crippen LogP contribution in [-0.4, -0.2) is 12.2 Å². The zero-order valence-electron chi connectivity index (χ0n) is 11.3. The minimum Gasteiger partial charge on any atom is -0.496 e. The number of aliphatic hydroxyl groups excluding tert-OH is 1. The third-order valence-corrected chi connectivity index (χ3v) is 3.55. The first-order chi connectivity index (χ1) is 9.81. The zero-order chi connectivity index (χ0) is 13.9. The molecule has 1 N–H and O–H groups in total. The third kappa shape index (κ3) is 2.15. The van der Waals surface area contributed by atoms with Crippen LogP contribution >= 0.6 is 0 Å². The molecule has 0 fully saturated rings. The second-order valence-electron chi connectivity index (χ2n) is 4.72. The lowest BCUT2D eigenvalue weighted by Gasteiger charge is -2.16. The van der Waals surface area contributed by atoms with Gasteiger partial charge >= 0.3 is 0 Å². The summed E-state index contributed by atoms with van der Waals surface area (Å²) in [5, 5.41) is 12.6. The van der Waals surface area contributed by atoms with E-state index in [1.807, 2.05) is 66.7 Å². The van der Waals surface area contributed by atoms with Crippen LogP contribution < -0.4 is 4.74 Å². The number of rotatable bonds is 3. The molecule has 0 saturated carbocycles. The van der Waals surface area contributed by atoms with Crippen molar-refractivity contribution in [2.75, 3.05) is 7.11 Å². The fourth-order valence-corrected chi connectivity index (χ4v) is 2.53. The van der Waals surface area contributed by atoms with Crippen molar-refractivity contribution in [2.24, 2.45) is 0 Å². The van der Waals surface area contributed by atoms with Crippen LogP contribution in [0.1, 0.15) is 17.2 Å². The molecule has 0 radical (unpaired) electrons. The van der Waals surface area contributed by atoms with Crippen molar-refractivity contribution in [3.63, 3.8) is 0 Å². The molecule has 3 aromatic carbocycles. The van der Waals surface area contributed by atoms with Crippen LogP contribution in [0, 0.1) is 0 Å². The summed E-state index contributed by atoms with van der Waals surface area (Å²) in [4.78, 5) is 0. The average molecular weight is 264 g/mol. The first-order valence-electron chi connectivity index (χ1n) is 6.60. The molecule has 1 atom stereocenters. The molecule has 0 aliphatic heterocycles. The Labute approximate surface area is 118 Å². The molecule has 0 aliphatic carbocycles. The van der Waals surface area contributed by atoms with Crippen LogP contribution in [0.15, 0.2) is 66.7 Å². The molecule has 0 unspecified atom stereocenters. The Balaban J connectivity index is 2.18. The zero-order valence-corrected chi connectivity index (χ0v) is 11.3. The molecular weight excluding hydrogens is 248 g/mol. The molecule has 0 bridgehead atoms. The fraction of sp³-hybridized carbons (Fsp3) is 0.111. The first-order valence-corrected chi connectivity index (χ1v) is 6.60. The molecule has 0 aromatic heterocycles. The molecule has 3 aromatic rings. The van der Waals surface area contributed by atoms with Crippen molar-refractivity contribution in [3.05, 3.63) is 77.9 Å². The van der Waals surface area contributed by atoms with Gasteiger partial charge in [0.25, 0.3) is 0 Å². The van der Waals surface area contributed by atoms with Gasteiger partial charge in [0, 0.05) is 5.39 Å². The van der Waals surface area contributed by atoms with Crippen molar-refractivity contribution in [2.45, 2.75) is 6.10 Å². The smallest absolute Gasteiger partial charge is 0.126 e. The van der Waals surface area contributed by atoms with Crippen molar-refractivity contribution < 1.29 is 9.84 Å². The molecule has 3 rings (SSSR count). The van der Waals surface area contributed by atoms with E-state index >= 15 is 0 Å². The van der Waals surface area contributed by atoms with E-state index in [1.54, 1.807) is 7.11 Å². The van der Waals surface area contributed by atoms with Gasteiger partial charge in [-0.05, 0) is 22.6 Å². The molecule has 0 amide bonds. The first kappa shape index (κ1) is 12.7. The van der Waals surface area contributed by atoms with E-state index in [2.05, 4.69) is 0 Å². The predicted octanol–water partition coefficient (Wildman–Crippen LogP) is 3.93. The van der Waals surface area contributed by atoms with Crippen molar-refractivity contribution in [1.29, 1.82) is 0 Å². The van der Waals surface area contributed by atoms with E-state index in [-0.39, 0.29) is 0 Å². The number of aliphatic hydroxyl groups is 1. The molecule has 100 valence electrons. The van der Waals surface area contributed by atoms with Crippen LogP contribution in [0.4, 0.5) is 0 Å². The largest absolute Gasteiger partial charge is 0.496 e. The van der Waals surface area contributed by atoms with E-state index < -0.39 is 6.10 Å². The minimum absolute atomic E-state index is 0.632. The number of hydrogen-bond acceptors (Lipinski definition) is 2. The highest BCUT2D eigenvalue weighted by molar-refractivity contribution is 5.91. The van der Waals surface area contributed by atoms with Gasteiger partial charge in [0.2, 0.25) is 0 Å². The van der Waals surface area contributed by atoms with Crippen LogP contribution in [-0.2, 0) is 0 Å². The predicted molar refractivity (Wildman–Crippen MR) is 81.0 cm³/mol. The van der Waals surface area contributed by atoms with Crippen molar-refractivity contribution in [1.82, 2.24) is 0 Å². The summed E-state index contributed by atoms with van der Waals surface area (Å²) in [5.41, 5.74) is 1.79. The molecule has 2 nitrogen and oxygen atoms in total. The second kappa shape index (κ2) is 5.35. The maximum atomic E-state index is 10.6. The van der Waals surface area contributed by atoms with Crippen LogP contribution in [0.5, 0.6) is 5.75 Å². The number of fused-ring (bicyclic) bond motifs is 1. The monoisotopic (exact) mass is 264 g/mol. The SMILES string of the molecule is COc1ccc([C@@H](O)c2ccccc2)c2ccccc12. The normalized spacial score (nSPS) is 12.3. The highest BCUT2D eigenvalue weighted by Gasteiger charge is 2.14. The van der Waals surface area contributed by atoms with E-state index in [0.717, 1.165) is 27.6 Å². The summed E-state index contributed by atoms with van der Waals surface area (Å²) < 4.78 is 5.39. The van der Waals surface area contributed by atoms with E-state index in [0.29, 0.717) is 0 Å². The van der Waals surface area contributed by atoms with Gasteiger partial charge < -0.3 is 9.84 Å². The van der Waals surface area contributed by atoms with Gasteiger partial charge in [-0.1, -0.05) is 60.7 Å². The Morgan fingerprint density at radius 2 is 1.45 bits per heavy atom. The number of hydrogen-bond donors (Lipinski definition) is 1. The van der Waals surface area contributed by atoms with Crippen LogP contribution in [0.2, 0.25) is 0 Å². The van der Waals surface area contributed by atoms with Gasteiger partial charge in [0.1, 0.15) is 11.9 Å². The van der Waals surface area contributed by atoms with Crippen LogP contribution in [0.25, 0.3) is 10.8 Å². The van der Waals surface area contributed by atoms with Gasteiger partial charge in [-0.3, -0.25) is 0 Å². The summed E-state index contributed by atoms with van der Waals surface area (Å²) in [6.45, 7) is 0. The molecule has 2 heteroatoms. The summed E-state index contributed by atoms with van der Waals surface area (Å²) in [6.07, 6.45) is -0.632. The number of methoxy groups -OCH3 is 1. The summed E-state index contributed by atoms with van der Waals surface area (Å²) in [6, 6.07) is 21.5. The third-order valence-electron chi connectivity index (χ3n) is 3.55. The average Bonchev–Trinajstić information content (AvgIpc) is 2.54. The molecule has 20 heavy (non-hydrogen) atoms. The lowest BCUT2D eigenvalue weighted by Crippen LogP contribution is -2.01. The molecule has 0 aliphatic rings. The standard InChI is InChI=1S/C18H16O2/c1-20-17-12-11-16(14-9-5-6-10-15(14)17)18(19)13-7-3-2-4-8-13/h2-12,18-19H,1H3/t18-/m0/s1. The van der Waals surface area contributed by atoms with E-state index in [4.69, 9.17) is 4.74 Å². The summed E-state index contributed by atoms with van der Waals surface area (Å²) >= 11 is 0. The number of ether oxygens (including phenoxy) is 1. The summed E-state index contributed by atoms with van der Waals surface area (Å²) in [7, 11) is 1.66.